The normalized spacial score (nSPS) is 16.2. The predicted molar refractivity (Wildman–Crippen MR) is 127 cm³/mol. The van der Waals surface area contributed by atoms with Crippen molar-refractivity contribution in [1.82, 2.24) is 4.98 Å². The molecular weight excluding hydrogens is 432 g/mol. The number of hydrogen-bond acceptors (Lipinski definition) is 5. The summed E-state index contributed by atoms with van der Waals surface area (Å²) in [6, 6.07) is 21.6. The third-order valence-electron chi connectivity index (χ3n) is 6.16. The number of aromatic amines is 1. The lowest BCUT2D eigenvalue weighted by atomic mass is 9.94. The number of aliphatic hydroxyl groups is 1. The standard InChI is InChI=1S/C27H18N2O5/c30-20-11-5-4-10-19(20)29-24(17-14-28-18-9-3-2-8-16(17)18)23(26(32)27(29)33)25(31)22-13-15-7-1-6-12-21(15)34-22/h1-14,24,28,30,32H. The number of H-pyrrole nitrogens is 1. The Morgan fingerprint density at radius 2 is 1.68 bits per heavy atom. The summed E-state index contributed by atoms with van der Waals surface area (Å²) in [5.74, 6) is -2.19. The first-order chi connectivity index (χ1) is 16.5. The largest absolute Gasteiger partial charge is 0.506 e. The molecule has 0 fully saturated rings. The highest BCUT2D eigenvalue weighted by Crippen LogP contribution is 2.46. The zero-order valence-corrected chi connectivity index (χ0v) is 17.7. The van der Waals surface area contributed by atoms with E-state index >= 15 is 0 Å². The molecule has 0 aliphatic carbocycles. The second-order valence-corrected chi connectivity index (χ2v) is 8.10. The minimum atomic E-state index is -0.988. The van der Waals surface area contributed by atoms with Crippen molar-refractivity contribution in [3.05, 3.63) is 108 Å². The lowest BCUT2D eigenvalue weighted by Crippen LogP contribution is -2.31. The molecule has 0 saturated heterocycles. The maximum atomic E-state index is 13.7. The van der Waals surface area contributed by atoms with Crippen LogP contribution in [0.1, 0.15) is 22.2 Å². The van der Waals surface area contributed by atoms with Crippen LogP contribution >= 0.6 is 0 Å². The monoisotopic (exact) mass is 450 g/mol. The van der Waals surface area contributed by atoms with Gasteiger partial charge in [0.2, 0.25) is 5.78 Å². The Balaban J connectivity index is 1.57. The number of hydrogen-bond donors (Lipinski definition) is 3. The number of nitrogens with zero attached hydrogens (tertiary/aromatic N) is 1. The number of nitrogens with one attached hydrogen (secondary N) is 1. The van der Waals surface area contributed by atoms with E-state index in [9.17, 15) is 19.8 Å². The number of anilines is 1. The molecule has 5 aromatic rings. The number of phenolic OH excluding ortho intramolecular Hbond substituents is 1. The van der Waals surface area contributed by atoms with Crippen molar-refractivity contribution >= 4 is 39.2 Å². The maximum absolute atomic E-state index is 13.7. The van der Waals surface area contributed by atoms with Crippen molar-refractivity contribution in [3.8, 4) is 5.75 Å². The van der Waals surface area contributed by atoms with Crippen LogP contribution in [0, 0.1) is 0 Å². The van der Waals surface area contributed by atoms with Crippen LogP contribution in [0.5, 0.6) is 5.75 Å². The van der Waals surface area contributed by atoms with E-state index in [2.05, 4.69) is 4.98 Å². The summed E-state index contributed by atoms with van der Waals surface area (Å²) in [7, 11) is 0. The number of amides is 1. The molecule has 1 unspecified atom stereocenters. The highest BCUT2D eigenvalue weighted by atomic mass is 16.3. The van der Waals surface area contributed by atoms with Gasteiger partial charge in [-0.3, -0.25) is 14.5 Å². The van der Waals surface area contributed by atoms with Gasteiger partial charge in [0.1, 0.15) is 11.3 Å². The molecule has 1 amide bonds. The molecule has 1 atom stereocenters. The lowest BCUT2D eigenvalue weighted by molar-refractivity contribution is -0.117. The number of para-hydroxylation sites is 4. The maximum Gasteiger partial charge on any atom is 0.294 e. The van der Waals surface area contributed by atoms with Crippen molar-refractivity contribution in [2.75, 3.05) is 4.90 Å². The number of phenols is 1. The number of ketones is 1. The van der Waals surface area contributed by atoms with Gasteiger partial charge in [-0.15, -0.1) is 0 Å². The number of rotatable bonds is 4. The van der Waals surface area contributed by atoms with Crippen molar-refractivity contribution in [2.24, 2.45) is 0 Å². The first kappa shape index (κ1) is 19.9. The summed E-state index contributed by atoms with van der Waals surface area (Å²) in [6.45, 7) is 0. The van der Waals surface area contributed by atoms with Crippen LogP contribution in [-0.4, -0.2) is 26.9 Å². The van der Waals surface area contributed by atoms with Crippen molar-refractivity contribution in [2.45, 2.75) is 6.04 Å². The number of carbonyl (C=O) groups is 2. The fraction of sp³-hybridized carbons (Fsp3) is 0.0370. The summed E-state index contributed by atoms with van der Waals surface area (Å²) in [5, 5.41) is 23.0. The molecule has 3 N–H and O–H groups in total. The molecule has 2 aromatic heterocycles. The van der Waals surface area contributed by atoms with Crippen LogP contribution < -0.4 is 4.90 Å². The molecule has 0 bridgehead atoms. The molecule has 34 heavy (non-hydrogen) atoms. The van der Waals surface area contributed by atoms with Gasteiger partial charge < -0.3 is 19.6 Å². The summed E-state index contributed by atoms with van der Waals surface area (Å²) >= 11 is 0. The number of carbonyl (C=O) groups excluding carboxylic acids is 2. The van der Waals surface area contributed by atoms with Gasteiger partial charge in [-0.1, -0.05) is 48.5 Å². The minimum absolute atomic E-state index is 0.0134. The lowest BCUT2D eigenvalue weighted by Gasteiger charge is -2.26. The van der Waals surface area contributed by atoms with E-state index in [4.69, 9.17) is 4.42 Å². The minimum Gasteiger partial charge on any atom is -0.506 e. The number of aromatic hydroxyl groups is 1. The van der Waals surface area contributed by atoms with Gasteiger partial charge in [-0.25, -0.2) is 0 Å². The van der Waals surface area contributed by atoms with E-state index in [1.54, 1.807) is 42.6 Å². The van der Waals surface area contributed by atoms with Gasteiger partial charge in [0, 0.05) is 28.0 Å². The summed E-state index contributed by atoms with van der Waals surface area (Å²) in [6.07, 6.45) is 1.71. The number of aromatic nitrogens is 1. The Kier molecular flexibility index (Phi) is 4.31. The average Bonchev–Trinajstić information content (AvgIpc) is 3.54. The first-order valence-electron chi connectivity index (χ1n) is 10.7. The predicted octanol–water partition coefficient (Wildman–Crippen LogP) is 5.40. The number of Topliss-reactive ketones (excluding diaryl/α,β-unsaturated/α-hetero) is 1. The van der Waals surface area contributed by atoms with Gasteiger partial charge in [0.05, 0.1) is 17.3 Å². The number of fused-ring (bicyclic) bond motifs is 2. The second kappa shape index (κ2) is 7.38. The van der Waals surface area contributed by atoms with Crippen molar-refractivity contribution < 1.29 is 24.2 Å². The molecule has 6 rings (SSSR count). The Morgan fingerprint density at radius 1 is 0.941 bits per heavy atom. The average molecular weight is 450 g/mol. The summed E-state index contributed by atoms with van der Waals surface area (Å²) < 4.78 is 5.76. The Hall–Kier alpha value is -4.78. The zero-order chi connectivity index (χ0) is 23.4. The SMILES string of the molecule is O=C(C1=C(O)C(=O)N(c2ccccc2O)C1c1c[nH]c2ccccc12)c1cc2ccccc2o1. The molecule has 0 radical (unpaired) electrons. The molecule has 7 heteroatoms. The third kappa shape index (κ3) is 2.84. The first-order valence-corrected chi connectivity index (χ1v) is 10.7. The number of furan rings is 1. The highest BCUT2D eigenvalue weighted by Gasteiger charge is 2.46. The van der Waals surface area contributed by atoms with E-state index < -0.39 is 23.5 Å². The Morgan fingerprint density at radius 3 is 2.50 bits per heavy atom. The van der Waals surface area contributed by atoms with Crippen molar-refractivity contribution in [3.63, 3.8) is 0 Å². The van der Waals surface area contributed by atoms with E-state index in [0.29, 0.717) is 11.1 Å². The van der Waals surface area contributed by atoms with E-state index in [0.717, 1.165) is 16.3 Å². The van der Waals surface area contributed by atoms with E-state index in [1.807, 2.05) is 36.4 Å². The number of aliphatic hydroxyl groups excluding tert-OH is 1. The molecule has 166 valence electrons. The number of benzene rings is 3. The quantitative estimate of drug-likeness (QED) is 0.318. The van der Waals surface area contributed by atoms with Crippen LogP contribution in [0.25, 0.3) is 21.9 Å². The fourth-order valence-electron chi connectivity index (χ4n) is 4.59. The van der Waals surface area contributed by atoms with Gasteiger partial charge in [0.15, 0.2) is 11.5 Å². The molecule has 0 spiro atoms. The van der Waals surface area contributed by atoms with Gasteiger partial charge in [-0.05, 0) is 30.3 Å². The van der Waals surface area contributed by atoms with Gasteiger partial charge in [-0.2, -0.15) is 0 Å². The Labute approximate surface area is 193 Å². The molecule has 7 nitrogen and oxygen atoms in total. The molecule has 1 aliphatic rings. The Bertz CT molecular complexity index is 1610. The molecule has 3 heterocycles. The molecule has 0 saturated carbocycles. The van der Waals surface area contributed by atoms with Crippen LogP contribution in [-0.2, 0) is 4.79 Å². The third-order valence-corrected chi connectivity index (χ3v) is 6.16. The van der Waals surface area contributed by atoms with Gasteiger partial charge in [0.25, 0.3) is 5.91 Å². The van der Waals surface area contributed by atoms with Gasteiger partial charge >= 0.3 is 0 Å². The molecule has 1 aliphatic heterocycles. The smallest absolute Gasteiger partial charge is 0.294 e. The molecule has 3 aromatic carbocycles. The topological polar surface area (TPSA) is 107 Å². The van der Waals surface area contributed by atoms with E-state index in [-0.39, 0.29) is 22.8 Å². The second-order valence-electron chi connectivity index (χ2n) is 8.10. The van der Waals surface area contributed by atoms with Crippen LogP contribution in [0.4, 0.5) is 5.69 Å². The van der Waals surface area contributed by atoms with Crippen LogP contribution in [0.2, 0.25) is 0 Å². The van der Waals surface area contributed by atoms with E-state index in [1.165, 1.54) is 11.0 Å². The summed E-state index contributed by atoms with van der Waals surface area (Å²) in [5.41, 5.74) is 2.01. The highest BCUT2D eigenvalue weighted by molar-refractivity contribution is 6.21. The van der Waals surface area contributed by atoms with Crippen LogP contribution in [0.15, 0.2) is 101 Å². The molecular formula is C27H18N2O5. The fourth-order valence-corrected chi connectivity index (χ4v) is 4.59. The van der Waals surface area contributed by atoms with Crippen LogP contribution in [0.3, 0.4) is 0 Å². The zero-order valence-electron chi connectivity index (χ0n) is 17.7. The summed E-state index contributed by atoms with van der Waals surface area (Å²) in [4.78, 5) is 31.5. The van der Waals surface area contributed by atoms with Crippen molar-refractivity contribution in [1.29, 1.82) is 0 Å².